The third kappa shape index (κ3) is 4.17. The minimum atomic E-state index is -3.93. The Morgan fingerprint density at radius 3 is 2.31 bits per heavy atom. The van der Waals surface area contributed by atoms with Crippen molar-refractivity contribution in [3.63, 3.8) is 0 Å². The number of nitrogens with zero attached hydrogens (tertiary/aromatic N) is 2. The first-order valence-corrected chi connectivity index (χ1v) is 9.62. The van der Waals surface area contributed by atoms with Crippen LogP contribution in [0.2, 0.25) is 0 Å². The summed E-state index contributed by atoms with van der Waals surface area (Å²) in [5.41, 5.74) is 2.36. The van der Waals surface area contributed by atoms with Gasteiger partial charge in [0, 0.05) is 11.6 Å². The molecular weight excluding hydrogens is 352 g/mol. The zero-order chi connectivity index (χ0) is 19.4. The Labute approximate surface area is 154 Å². The van der Waals surface area contributed by atoms with E-state index in [1.165, 1.54) is 12.1 Å². The highest BCUT2D eigenvalue weighted by molar-refractivity contribution is 7.90. The normalized spacial score (nSPS) is 14.2. The SMILES string of the molecule is CCOC(=O)[N+](C)(/C=N/S(=O)(=O)c1ccc(C)cc1)c1ccccc1C. The number of para-hydroxylation sites is 1. The number of rotatable bonds is 5. The largest absolute Gasteiger partial charge is 0.527 e. The highest BCUT2D eigenvalue weighted by Crippen LogP contribution is 2.26. The maximum absolute atomic E-state index is 12.6. The molecule has 0 heterocycles. The van der Waals surface area contributed by atoms with Crippen molar-refractivity contribution < 1.29 is 17.9 Å². The number of hydrogen-bond donors (Lipinski definition) is 0. The highest BCUT2D eigenvalue weighted by atomic mass is 32.2. The molecule has 138 valence electrons. The lowest BCUT2D eigenvalue weighted by Crippen LogP contribution is -2.50. The van der Waals surface area contributed by atoms with Crippen LogP contribution in [0.1, 0.15) is 18.1 Å². The molecule has 7 heteroatoms. The van der Waals surface area contributed by atoms with Crippen molar-refractivity contribution in [3.05, 3.63) is 59.7 Å². The second-order valence-electron chi connectivity index (χ2n) is 6.07. The lowest BCUT2D eigenvalue weighted by molar-refractivity contribution is 0.135. The van der Waals surface area contributed by atoms with Crippen molar-refractivity contribution in [2.75, 3.05) is 13.7 Å². The molecule has 0 aromatic heterocycles. The average Bonchev–Trinajstić information content (AvgIpc) is 2.61. The number of ether oxygens (including phenoxy) is 1. The average molecular weight is 375 g/mol. The van der Waals surface area contributed by atoms with E-state index in [0.29, 0.717) is 5.69 Å². The summed E-state index contributed by atoms with van der Waals surface area (Å²) >= 11 is 0. The van der Waals surface area contributed by atoms with E-state index in [1.807, 2.05) is 26.0 Å². The molecule has 2 aromatic rings. The molecular formula is C19H23N2O4S+. The molecule has 0 aliphatic heterocycles. The Morgan fingerprint density at radius 1 is 1.12 bits per heavy atom. The maximum Gasteiger partial charge on any atom is 0.527 e. The van der Waals surface area contributed by atoms with Crippen LogP contribution < -0.4 is 4.48 Å². The van der Waals surface area contributed by atoms with Crippen molar-refractivity contribution in [2.45, 2.75) is 25.7 Å². The summed E-state index contributed by atoms with van der Waals surface area (Å²) in [4.78, 5) is 12.6. The van der Waals surface area contributed by atoms with Gasteiger partial charge >= 0.3 is 6.09 Å². The van der Waals surface area contributed by atoms with Crippen molar-refractivity contribution in [3.8, 4) is 0 Å². The number of hydrogen-bond acceptors (Lipinski definition) is 4. The van der Waals surface area contributed by atoms with Crippen LogP contribution in [0, 0.1) is 13.8 Å². The molecule has 0 radical (unpaired) electrons. The molecule has 0 aliphatic carbocycles. The zero-order valence-electron chi connectivity index (χ0n) is 15.3. The van der Waals surface area contributed by atoms with Gasteiger partial charge in [0.15, 0.2) is 5.69 Å². The first-order valence-electron chi connectivity index (χ1n) is 8.18. The van der Waals surface area contributed by atoms with E-state index < -0.39 is 20.6 Å². The van der Waals surface area contributed by atoms with Crippen molar-refractivity contribution in [2.24, 2.45) is 4.40 Å². The molecule has 0 saturated heterocycles. The maximum atomic E-state index is 12.6. The number of quaternary nitrogens is 1. The van der Waals surface area contributed by atoms with Crippen LogP contribution >= 0.6 is 0 Å². The van der Waals surface area contributed by atoms with E-state index in [0.717, 1.165) is 17.5 Å². The molecule has 26 heavy (non-hydrogen) atoms. The van der Waals surface area contributed by atoms with Gasteiger partial charge in [-0.1, -0.05) is 35.9 Å². The first-order chi connectivity index (χ1) is 12.2. The van der Waals surface area contributed by atoms with Crippen LogP contribution in [-0.4, -0.2) is 34.5 Å². The van der Waals surface area contributed by atoms with Gasteiger partial charge in [-0.15, -0.1) is 8.88 Å². The summed E-state index contributed by atoms with van der Waals surface area (Å²) in [7, 11) is -2.38. The summed E-state index contributed by atoms with van der Waals surface area (Å²) < 4.78 is 33.5. The quantitative estimate of drug-likeness (QED) is 0.452. The van der Waals surface area contributed by atoms with Gasteiger partial charge in [-0.2, -0.15) is 13.2 Å². The van der Waals surface area contributed by atoms with Crippen molar-refractivity contribution in [1.29, 1.82) is 0 Å². The van der Waals surface area contributed by atoms with Crippen LogP contribution in [-0.2, 0) is 14.8 Å². The minimum absolute atomic E-state index is 0.0690. The van der Waals surface area contributed by atoms with E-state index in [9.17, 15) is 13.2 Å². The summed E-state index contributed by atoms with van der Waals surface area (Å²) in [5, 5.41) is 0. The summed E-state index contributed by atoms with van der Waals surface area (Å²) in [5.74, 6) is 0. The van der Waals surface area contributed by atoms with Gasteiger partial charge in [-0.25, -0.2) is 0 Å². The fourth-order valence-corrected chi connectivity index (χ4v) is 3.39. The molecule has 1 amide bonds. The van der Waals surface area contributed by atoms with Crippen LogP contribution in [0.4, 0.5) is 10.5 Å². The molecule has 6 nitrogen and oxygen atoms in total. The zero-order valence-corrected chi connectivity index (χ0v) is 16.2. The van der Waals surface area contributed by atoms with Gasteiger partial charge in [0.25, 0.3) is 10.0 Å². The lowest BCUT2D eigenvalue weighted by atomic mass is 10.1. The highest BCUT2D eigenvalue weighted by Gasteiger charge is 2.37. The smallest absolute Gasteiger partial charge is 0.420 e. The Morgan fingerprint density at radius 2 is 1.73 bits per heavy atom. The van der Waals surface area contributed by atoms with Crippen molar-refractivity contribution >= 4 is 28.1 Å². The Bertz CT molecular complexity index is 921. The van der Waals surface area contributed by atoms with E-state index in [4.69, 9.17) is 4.74 Å². The van der Waals surface area contributed by atoms with E-state index in [1.54, 1.807) is 38.2 Å². The molecule has 0 spiro atoms. The van der Waals surface area contributed by atoms with Gasteiger partial charge in [0.1, 0.15) is 0 Å². The van der Waals surface area contributed by atoms with E-state index >= 15 is 0 Å². The summed E-state index contributed by atoms with van der Waals surface area (Å²) in [6.07, 6.45) is 0.500. The molecule has 2 rings (SSSR count). The van der Waals surface area contributed by atoms with E-state index in [2.05, 4.69) is 4.40 Å². The Balaban J connectivity index is 2.50. The number of aryl methyl sites for hydroxylation is 2. The molecule has 0 saturated carbocycles. The fraction of sp³-hybridized carbons (Fsp3) is 0.263. The predicted molar refractivity (Wildman–Crippen MR) is 103 cm³/mol. The lowest BCUT2D eigenvalue weighted by Gasteiger charge is -2.25. The fourth-order valence-electron chi connectivity index (χ4n) is 2.48. The molecule has 0 fully saturated rings. The van der Waals surface area contributed by atoms with Gasteiger partial charge in [0.05, 0.1) is 18.6 Å². The molecule has 0 N–H and O–H groups in total. The van der Waals surface area contributed by atoms with Crippen LogP contribution in [0.15, 0.2) is 57.8 Å². The molecule has 0 aliphatic rings. The molecule has 1 atom stereocenters. The van der Waals surface area contributed by atoms with Gasteiger partial charge in [-0.3, -0.25) is 0 Å². The monoisotopic (exact) mass is 375 g/mol. The van der Waals surface area contributed by atoms with Crippen LogP contribution in [0.5, 0.6) is 0 Å². The van der Waals surface area contributed by atoms with Gasteiger partial charge < -0.3 is 4.74 Å². The number of amides is 1. The molecule has 0 bridgehead atoms. The van der Waals surface area contributed by atoms with Gasteiger partial charge in [0.2, 0.25) is 6.34 Å². The number of carbonyl (C=O) groups excluding carboxylic acids is 1. The second kappa shape index (κ2) is 7.80. The number of carbonyl (C=O) groups is 1. The summed E-state index contributed by atoms with van der Waals surface area (Å²) in [6, 6.07) is 13.6. The molecule has 2 aromatic carbocycles. The summed E-state index contributed by atoms with van der Waals surface area (Å²) in [6.45, 7) is 5.58. The Kier molecular flexibility index (Phi) is 5.94. The number of sulfonamides is 1. The van der Waals surface area contributed by atoms with Crippen LogP contribution in [0.25, 0.3) is 0 Å². The minimum Gasteiger partial charge on any atom is -0.420 e. The topological polar surface area (TPSA) is 72.8 Å². The third-order valence-corrected chi connectivity index (χ3v) is 5.24. The third-order valence-electron chi connectivity index (χ3n) is 4.00. The predicted octanol–water partition coefficient (Wildman–Crippen LogP) is 3.81. The van der Waals surface area contributed by atoms with Crippen LogP contribution in [0.3, 0.4) is 0 Å². The van der Waals surface area contributed by atoms with E-state index in [-0.39, 0.29) is 11.5 Å². The van der Waals surface area contributed by atoms with Crippen molar-refractivity contribution in [1.82, 2.24) is 4.48 Å². The Hall–Kier alpha value is -2.51. The second-order valence-corrected chi connectivity index (χ2v) is 7.70. The molecule has 1 unspecified atom stereocenters. The van der Waals surface area contributed by atoms with Gasteiger partial charge in [-0.05, 0) is 32.9 Å². The number of benzene rings is 2. The standard InChI is InChI=1S/C19H23N2O4S/c1-5-25-19(22)21(4,18-9-7-6-8-16(18)3)14-20-26(23,24)17-12-10-15(2)11-13-17/h6-14H,5H2,1-4H3/q+1/b20-14+. The first kappa shape index (κ1) is 19.8.